The van der Waals surface area contributed by atoms with Gasteiger partial charge in [-0.3, -0.25) is 4.79 Å². The minimum atomic E-state index is -1.14. The van der Waals surface area contributed by atoms with E-state index in [1.54, 1.807) is 29.6 Å². The van der Waals surface area contributed by atoms with Crippen LogP contribution in [0.5, 0.6) is 5.75 Å². The maximum atomic E-state index is 12.2. The summed E-state index contributed by atoms with van der Waals surface area (Å²) in [6.45, 7) is 3.97. The van der Waals surface area contributed by atoms with Gasteiger partial charge in [0.15, 0.2) is 6.04 Å². The molecule has 0 aliphatic carbocycles. The van der Waals surface area contributed by atoms with Gasteiger partial charge in [0, 0.05) is 11.3 Å². The molecule has 1 heterocycles. The van der Waals surface area contributed by atoms with E-state index >= 15 is 0 Å². The first-order valence-corrected chi connectivity index (χ1v) is 7.93. The van der Waals surface area contributed by atoms with Crippen LogP contribution in [0.1, 0.15) is 46.9 Å². The lowest BCUT2D eigenvalue weighted by Crippen LogP contribution is -2.33. The summed E-state index contributed by atoms with van der Waals surface area (Å²) < 4.78 is 5.04. The summed E-state index contributed by atoms with van der Waals surface area (Å²) in [5.41, 5.74) is 0.699. The van der Waals surface area contributed by atoms with Crippen molar-refractivity contribution in [2.24, 2.45) is 0 Å². The van der Waals surface area contributed by atoms with Crippen LogP contribution in [0.2, 0.25) is 0 Å². The second-order valence-corrected chi connectivity index (χ2v) is 6.13. The van der Waals surface area contributed by atoms with E-state index < -0.39 is 17.9 Å². The Morgan fingerprint density at radius 1 is 1.26 bits per heavy atom. The van der Waals surface area contributed by atoms with Crippen molar-refractivity contribution < 1.29 is 19.4 Å². The molecule has 0 saturated carbocycles. The van der Waals surface area contributed by atoms with E-state index in [9.17, 15) is 14.7 Å². The number of carboxylic acid groups (broad SMARTS) is 1. The van der Waals surface area contributed by atoms with Gasteiger partial charge in [-0.2, -0.15) is 0 Å². The molecule has 6 nitrogen and oxygen atoms in total. The predicted octanol–water partition coefficient (Wildman–Crippen LogP) is 2.83. The fourth-order valence-electron chi connectivity index (χ4n) is 1.95. The number of nitrogens with zero attached hydrogens (tertiary/aromatic N) is 1. The highest BCUT2D eigenvalue weighted by molar-refractivity contribution is 7.09. The standard InChI is InChI=1S/C16H18N2O4S/c1-9(2)15-17-12(8-23-15)14(19)18-13(16(20)21)10-4-6-11(22-3)7-5-10/h4-9,13H,1-3H3,(H,18,19)(H,20,21). The molecule has 23 heavy (non-hydrogen) atoms. The average Bonchev–Trinajstić information content (AvgIpc) is 3.02. The van der Waals surface area contributed by atoms with Gasteiger partial charge in [-0.05, 0) is 17.7 Å². The van der Waals surface area contributed by atoms with Crippen molar-refractivity contribution in [2.45, 2.75) is 25.8 Å². The van der Waals surface area contributed by atoms with Crippen molar-refractivity contribution in [2.75, 3.05) is 7.11 Å². The molecule has 1 atom stereocenters. The number of methoxy groups -OCH3 is 1. The average molecular weight is 334 g/mol. The molecule has 0 aliphatic heterocycles. The molecule has 7 heteroatoms. The lowest BCUT2D eigenvalue weighted by Gasteiger charge is -2.14. The number of hydrogen-bond donors (Lipinski definition) is 2. The molecule has 2 aromatic rings. The van der Waals surface area contributed by atoms with E-state index in [4.69, 9.17) is 4.74 Å². The molecule has 0 spiro atoms. The largest absolute Gasteiger partial charge is 0.497 e. The number of carbonyl (C=O) groups is 2. The molecule has 0 fully saturated rings. The van der Waals surface area contributed by atoms with Crippen molar-refractivity contribution in [1.82, 2.24) is 10.3 Å². The van der Waals surface area contributed by atoms with E-state index in [0.29, 0.717) is 11.3 Å². The molecular weight excluding hydrogens is 316 g/mol. The van der Waals surface area contributed by atoms with Crippen LogP contribution < -0.4 is 10.1 Å². The fourth-order valence-corrected chi connectivity index (χ4v) is 2.76. The Bertz CT molecular complexity index is 694. The predicted molar refractivity (Wildman–Crippen MR) is 87.0 cm³/mol. The van der Waals surface area contributed by atoms with Gasteiger partial charge in [0.2, 0.25) is 0 Å². The number of amides is 1. The van der Waals surface area contributed by atoms with Gasteiger partial charge in [-0.1, -0.05) is 26.0 Å². The summed E-state index contributed by atoms with van der Waals surface area (Å²) in [6, 6.07) is 5.38. The Kier molecular flexibility index (Phi) is 5.33. The third-order valence-electron chi connectivity index (χ3n) is 3.22. The zero-order chi connectivity index (χ0) is 17.0. The van der Waals surface area contributed by atoms with E-state index in [0.717, 1.165) is 5.01 Å². The zero-order valence-corrected chi connectivity index (χ0v) is 13.9. The van der Waals surface area contributed by atoms with Crippen molar-refractivity contribution >= 4 is 23.2 Å². The second-order valence-electron chi connectivity index (χ2n) is 5.24. The van der Waals surface area contributed by atoms with E-state index in [-0.39, 0.29) is 11.6 Å². The Hall–Kier alpha value is -2.41. The van der Waals surface area contributed by atoms with Crippen LogP contribution in [-0.2, 0) is 4.79 Å². The van der Waals surface area contributed by atoms with Gasteiger partial charge in [0.05, 0.1) is 12.1 Å². The highest BCUT2D eigenvalue weighted by Crippen LogP contribution is 2.21. The molecule has 122 valence electrons. The number of benzene rings is 1. The lowest BCUT2D eigenvalue weighted by atomic mass is 10.1. The summed E-state index contributed by atoms with van der Waals surface area (Å²) in [6.07, 6.45) is 0. The topological polar surface area (TPSA) is 88.5 Å². The van der Waals surface area contributed by atoms with Crippen molar-refractivity contribution in [1.29, 1.82) is 0 Å². The van der Waals surface area contributed by atoms with Gasteiger partial charge < -0.3 is 15.2 Å². The molecule has 1 amide bonds. The monoisotopic (exact) mass is 334 g/mol. The summed E-state index contributed by atoms with van der Waals surface area (Å²) in [7, 11) is 1.53. The van der Waals surface area contributed by atoms with Gasteiger partial charge >= 0.3 is 5.97 Å². The normalized spacial score (nSPS) is 12.0. The van der Waals surface area contributed by atoms with Crippen molar-refractivity contribution in [3.05, 3.63) is 45.9 Å². The highest BCUT2D eigenvalue weighted by atomic mass is 32.1. The van der Waals surface area contributed by atoms with Crippen LogP contribution in [0, 0.1) is 0 Å². The molecule has 0 aliphatic rings. The summed E-state index contributed by atoms with van der Waals surface area (Å²) >= 11 is 1.39. The van der Waals surface area contributed by atoms with Crippen LogP contribution in [-0.4, -0.2) is 29.1 Å². The zero-order valence-electron chi connectivity index (χ0n) is 13.1. The van der Waals surface area contributed by atoms with Gasteiger partial charge in [0.1, 0.15) is 11.4 Å². The Balaban J connectivity index is 2.17. The molecule has 1 aromatic carbocycles. The van der Waals surface area contributed by atoms with Gasteiger partial charge in [0.25, 0.3) is 5.91 Å². The molecule has 0 saturated heterocycles. The van der Waals surface area contributed by atoms with Crippen LogP contribution in [0.25, 0.3) is 0 Å². The third-order valence-corrected chi connectivity index (χ3v) is 4.37. The minimum absolute atomic E-state index is 0.221. The SMILES string of the molecule is COc1ccc(C(NC(=O)c2csc(C(C)C)n2)C(=O)O)cc1. The summed E-state index contributed by atoms with van der Waals surface area (Å²) in [5, 5.41) is 14.4. The van der Waals surface area contributed by atoms with Gasteiger partial charge in [-0.15, -0.1) is 11.3 Å². The van der Waals surface area contributed by atoms with E-state index in [1.807, 2.05) is 13.8 Å². The number of rotatable bonds is 6. The number of aliphatic carboxylic acids is 1. The number of carboxylic acids is 1. The number of aromatic nitrogens is 1. The Morgan fingerprint density at radius 2 is 1.91 bits per heavy atom. The first-order chi connectivity index (χ1) is 10.9. The molecule has 2 N–H and O–H groups in total. The number of thiazole rings is 1. The highest BCUT2D eigenvalue weighted by Gasteiger charge is 2.24. The van der Waals surface area contributed by atoms with E-state index in [1.165, 1.54) is 18.4 Å². The Morgan fingerprint density at radius 3 is 2.39 bits per heavy atom. The van der Waals surface area contributed by atoms with Crippen molar-refractivity contribution in [3.8, 4) is 5.75 Å². The van der Waals surface area contributed by atoms with Crippen LogP contribution in [0.4, 0.5) is 0 Å². The third kappa shape index (κ3) is 4.07. The van der Waals surface area contributed by atoms with Crippen LogP contribution in [0.15, 0.2) is 29.6 Å². The number of nitrogens with one attached hydrogen (secondary N) is 1. The Labute approximate surface area is 138 Å². The van der Waals surface area contributed by atoms with Gasteiger partial charge in [-0.25, -0.2) is 9.78 Å². The number of hydrogen-bond acceptors (Lipinski definition) is 5. The maximum Gasteiger partial charge on any atom is 0.330 e. The minimum Gasteiger partial charge on any atom is -0.497 e. The molecule has 2 rings (SSSR count). The summed E-state index contributed by atoms with van der Waals surface area (Å²) in [5.74, 6) is -0.803. The smallest absolute Gasteiger partial charge is 0.330 e. The molecule has 0 bridgehead atoms. The maximum absolute atomic E-state index is 12.2. The first kappa shape index (κ1) is 17.0. The molecular formula is C16H18N2O4S. The quantitative estimate of drug-likeness (QED) is 0.848. The van der Waals surface area contributed by atoms with Crippen LogP contribution >= 0.6 is 11.3 Å². The second kappa shape index (κ2) is 7.23. The molecule has 1 aromatic heterocycles. The van der Waals surface area contributed by atoms with Crippen molar-refractivity contribution in [3.63, 3.8) is 0 Å². The number of carbonyl (C=O) groups excluding carboxylic acids is 1. The first-order valence-electron chi connectivity index (χ1n) is 7.05. The molecule has 1 unspecified atom stereocenters. The van der Waals surface area contributed by atoms with Crippen LogP contribution in [0.3, 0.4) is 0 Å². The number of ether oxygens (including phenoxy) is 1. The lowest BCUT2D eigenvalue weighted by molar-refractivity contribution is -0.139. The molecule has 0 radical (unpaired) electrons. The fraction of sp³-hybridized carbons (Fsp3) is 0.312. The van der Waals surface area contributed by atoms with E-state index in [2.05, 4.69) is 10.3 Å². The summed E-state index contributed by atoms with van der Waals surface area (Å²) in [4.78, 5) is 27.9.